The lowest BCUT2D eigenvalue weighted by Gasteiger charge is -2.33. The van der Waals surface area contributed by atoms with Crippen LogP contribution in [0, 0.1) is 5.92 Å². The van der Waals surface area contributed by atoms with Gasteiger partial charge in [-0.1, -0.05) is 32.9 Å². The summed E-state index contributed by atoms with van der Waals surface area (Å²) in [5, 5.41) is 9.66. The Morgan fingerprint density at radius 1 is 1.29 bits per heavy atom. The van der Waals surface area contributed by atoms with E-state index in [1.807, 2.05) is 45.9 Å². The molecule has 1 atom stereocenters. The second kappa shape index (κ2) is 14.1. The van der Waals surface area contributed by atoms with Gasteiger partial charge in [0.05, 0.1) is 6.54 Å². The fourth-order valence-electron chi connectivity index (χ4n) is 3.23. The van der Waals surface area contributed by atoms with Crippen LogP contribution in [-0.2, 0) is 4.74 Å². The molecule has 0 saturated carbocycles. The van der Waals surface area contributed by atoms with E-state index in [0.717, 1.165) is 19.3 Å². The molecule has 1 unspecified atom stereocenters. The summed E-state index contributed by atoms with van der Waals surface area (Å²) >= 11 is 0. The first-order valence-corrected chi connectivity index (χ1v) is 11.0. The number of benzene rings is 1. The standard InChI is InChI=1S/C22H30F3NO3.C2H6/c1-3-6-19(7-4-2)29-20-9-5-8-18(14-20)26(16-21(27)22(23,24)25)15-17-10-12-28-13-11-17;1-2/h3,5-9,14,17,21,27H,4,10-13,15-16H2,1-2H3;1-2H3/b6-3-,19-7+;. The summed E-state index contributed by atoms with van der Waals surface area (Å²) in [4.78, 5) is 1.60. The van der Waals surface area contributed by atoms with Crippen molar-refractivity contribution in [1.82, 2.24) is 0 Å². The van der Waals surface area contributed by atoms with Crippen LogP contribution in [0.2, 0.25) is 0 Å². The van der Waals surface area contributed by atoms with Crippen molar-refractivity contribution in [3.63, 3.8) is 0 Å². The van der Waals surface area contributed by atoms with Crippen molar-refractivity contribution < 1.29 is 27.8 Å². The van der Waals surface area contributed by atoms with Crippen LogP contribution in [0.15, 0.2) is 48.3 Å². The normalized spacial score (nSPS) is 16.6. The number of ether oxygens (including phenoxy) is 2. The maximum absolute atomic E-state index is 13.0. The average molecular weight is 444 g/mol. The van der Waals surface area contributed by atoms with Gasteiger partial charge in [-0.05, 0) is 56.4 Å². The largest absolute Gasteiger partial charge is 0.458 e. The maximum atomic E-state index is 13.0. The number of anilines is 1. The second-order valence-electron chi connectivity index (χ2n) is 7.13. The fourth-order valence-corrected chi connectivity index (χ4v) is 3.23. The van der Waals surface area contributed by atoms with Gasteiger partial charge in [0.15, 0.2) is 6.10 Å². The van der Waals surface area contributed by atoms with Crippen molar-refractivity contribution in [2.45, 2.75) is 59.2 Å². The van der Waals surface area contributed by atoms with Crippen molar-refractivity contribution >= 4 is 5.69 Å². The highest BCUT2D eigenvalue weighted by molar-refractivity contribution is 5.51. The number of hydrogen-bond donors (Lipinski definition) is 1. The molecule has 31 heavy (non-hydrogen) atoms. The summed E-state index contributed by atoms with van der Waals surface area (Å²) in [6.07, 6.45) is 0.938. The Morgan fingerprint density at radius 3 is 2.55 bits per heavy atom. The topological polar surface area (TPSA) is 41.9 Å². The second-order valence-corrected chi connectivity index (χ2v) is 7.13. The number of aliphatic hydroxyl groups is 1. The summed E-state index contributed by atoms with van der Waals surface area (Å²) in [6, 6.07) is 6.98. The van der Waals surface area contributed by atoms with Crippen molar-refractivity contribution in [3.05, 3.63) is 48.3 Å². The first kappa shape index (κ1) is 27.0. The molecule has 1 aliphatic rings. The highest BCUT2D eigenvalue weighted by atomic mass is 19.4. The zero-order valence-electron chi connectivity index (χ0n) is 19.0. The molecule has 1 heterocycles. The first-order valence-electron chi connectivity index (χ1n) is 11.0. The van der Waals surface area contributed by atoms with Gasteiger partial charge in [0.1, 0.15) is 11.5 Å². The van der Waals surface area contributed by atoms with E-state index in [9.17, 15) is 18.3 Å². The van der Waals surface area contributed by atoms with E-state index in [4.69, 9.17) is 9.47 Å². The summed E-state index contributed by atoms with van der Waals surface area (Å²) in [7, 11) is 0. The van der Waals surface area contributed by atoms with Crippen LogP contribution in [-0.4, -0.2) is 43.7 Å². The molecule has 0 aromatic heterocycles. The monoisotopic (exact) mass is 443 g/mol. The average Bonchev–Trinajstić information content (AvgIpc) is 2.75. The van der Waals surface area contributed by atoms with Gasteiger partial charge in [-0.3, -0.25) is 0 Å². The summed E-state index contributed by atoms with van der Waals surface area (Å²) < 4.78 is 50.2. The predicted octanol–water partition coefficient (Wildman–Crippen LogP) is 6.12. The van der Waals surface area contributed by atoms with Crippen LogP contribution < -0.4 is 9.64 Å². The third-order valence-corrected chi connectivity index (χ3v) is 4.75. The number of rotatable bonds is 9. The molecule has 2 rings (SSSR count). The molecule has 7 heteroatoms. The van der Waals surface area contributed by atoms with Crippen LogP contribution in [0.1, 0.15) is 47.0 Å². The van der Waals surface area contributed by atoms with Gasteiger partial charge >= 0.3 is 6.18 Å². The molecule has 1 aromatic carbocycles. The first-order chi connectivity index (χ1) is 14.8. The lowest BCUT2D eigenvalue weighted by atomic mass is 9.99. The Morgan fingerprint density at radius 2 is 1.97 bits per heavy atom. The molecule has 1 aliphatic heterocycles. The smallest absolute Gasteiger partial charge is 0.416 e. The Bertz CT molecular complexity index is 683. The third-order valence-electron chi connectivity index (χ3n) is 4.75. The van der Waals surface area contributed by atoms with Gasteiger partial charge in [-0.25, -0.2) is 0 Å². The van der Waals surface area contributed by atoms with E-state index in [0.29, 0.717) is 37.0 Å². The number of alkyl halides is 3. The van der Waals surface area contributed by atoms with Crippen molar-refractivity contribution in [2.24, 2.45) is 5.92 Å². The minimum Gasteiger partial charge on any atom is -0.458 e. The lowest BCUT2D eigenvalue weighted by molar-refractivity contribution is -0.200. The molecule has 0 radical (unpaired) electrons. The van der Waals surface area contributed by atoms with Crippen LogP contribution in [0.3, 0.4) is 0 Å². The molecule has 1 saturated heterocycles. The molecular weight excluding hydrogens is 407 g/mol. The highest BCUT2D eigenvalue weighted by Gasteiger charge is 2.39. The maximum Gasteiger partial charge on any atom is 0.416 e. The highest BCUT2D eigenvalue weighted by Crippen LogP contribution is 2.28. The summed E-state index contributed by atoms with van der Waals surface area (Å²) in [6.45, 7) is 9.01. The van der Waals surface area contributed by atoms with Crippen LogP contribution in [0.4, 0.5) is 18.9 Å². The minimum atomic E-state index is -4.66. The van der Waals surface area contributed by atoms with Crippen molar-refractivity contribution in [1.29, 1.82) is 0 Å². The van der Waals surface area contributed by atoms with Crippen LogP contribution in [0.5, 0.6) is 5.75 Å². The quantitative estimate of drug-likeness (QED) is 0.369. The van der Waals surface area contributed by atoms with E-state index in [-0.39, 0.29) is 5.92 Å². The number of hydrogen-bond acceptors (Lipinski definition) is 4. The molecule has 4 nitrogen and oxygen atoms in total. The van der Waals surface area contributed by atoms with Crippen LogP contribution in [0.25, 0.3) is 0 Å². The molecular formula is C24H36F3NO3. The van der Waals surface area contributed by atoms with Gasteiger partial charge in [0.25, 0.3) is 0 Å². The van der Waals surface area contributed by atoms with Gasteiger partial charge in [-0.15, -0.1) is 0 Å². The number of halogens is 3. The Kier molecular flexibility index (Phi) is 12.3. The van der Waals surface area contributed by atoms with E-state index in [2.05, 4.69) is 0 Å². The van der Waals surface area contributed by atoms with E-state index >= 15 is 0 Å². The Balaban J connectivity index is 0.00000233. The molecule has 0 bridgehead atoms. The molecule has 1 fully saturated rings. The minimum absolute atomic E-state index is 0.215. The predicted molar refractivity (Wildman–Crippen MR) is 119 cm³/mol. The zero-order chi connectivity index (χ0) is 23.3. The Labute approximate surface area is 184 Å². The Hall–Kier alpha value is -1.99. The molecule has 0 aliphatic carbocycles. The molecule has 0 spiro atoms. The van der Waals surface area contributed by atoms with Gasteiger partial charge in [0, 0.05) is 31.5 Å². The molecule has 1 aromatic rings. The van der Waals surface area contributed by atoms with Crippen molar-refractivity contribution in [3.8, 4) is 5.75 Å². The zero-order valence-corrected chi connectivity index (χ0v) is 19.0. The molecule has 176 valence electrons. The van der Waals surface area contributed by atoms with Crippen molar-refractivity contribution in [2.75, 3.05) is 31.2 Å². The fraction of sp³-hybridized carbons (Fsp3) is 0.583. The van der Waals surface area contributed by atoms with Gasteiger partial charge in [0.2, 0.25) is 0 Å². The van der Waals surface area contributed by atoms with Gasteiger partial charge in [-0.2, -0.15) is 13.2 Å². The number of nitrogens with zero attached hydrogens (tertiary/aromatic N) is 1. The lowest BCUT2D eigenvalue weighted by Crippen LogP contribution is -2.43. The van der Waals surface area contributed by atoms with E-state index < -0.39 is 18.8 Å². The van der Waals surface area contributed by atoms with E-state index in [1.54, 1.807) is 29.2 Å². The third kappa shape index (κ3) is 9.78. The van der Waals surface area contributed by atoms with Gasteiger partial charge < -0.3 is 19.5 Å². The van der Waals surface area contributed by atoms with E-state index in [1.165, 1.54) is 0 Å². The molecule has 0 amide bonds. The summed E-state index contributed by atoms with van der Waals surface area (Å²) in [5.74, 6) is 1.43. The summed E-state index contributed by atoms with van der Waals surface area (Å²) in [5.41, 5.74) is 0.591. The van der Waals surface area contributed by atoms with Crippen LogP contribution >= 0.6 is 0 Å². The molecule has 1 N–H and O–H groups in total. The SMILES string of the molecule is C/C=C\C(=C/CC)Oc1cccc(N(CC2CCOCC2)CC(O)C(F)(F)F)c1.CC. The number of allylic oxidation sites excluding steroid dienone is 3. The number of aliphatic hydroxyl groups excluding tert-OH is 1.